The number of ether oxygens (including phenoxy) is 3. The quantitative estimate of drug-likeness (QED) is 0.581. The van der Waals surface area contributed by atoms with Gasteiger partial charge in [-0.2, -0.15) is 0 Å². The van der Waals surface area contributed by atoms with Crippen LogP contribution in [0.5, 0.6) is 11.5 Å². The van der Waals surface area contributed by atoms with Crippen LogP contribution in [0.15, 0.2) is 30.5 Å². The van der Waals surface area contributed by atoms with Crippen LogP contribution >= 0.6 is 34.8 Å². The van der Waals surface area contributed by atoms with Crippen LogP contribution in [0, 0.1) is 0 Å². The molecule has 3 nitrogen and oxygen atoms in total. The van der Waals surface area contributed by atoms with Crippen LogP contribution in [-0.2, 0) is 11.2 Å². The van der Waals surface area contributed by atoms with Crippen molar-refractivity contribution >= 4 is 34.8 Å². The van der Waals surface area contributed by atoms with Gasteiger partial charge in [0.05, 0.1) is 20.8 Å². The summed E-state index contributed by atoms with van der Waals surface area (Å²) in [5.74, 6) is 1.45. The first kappa shape index (κ1) is 16.3. The summed E-state index contributed by atoms with van der Waals surface area (Å²) in [6.07, 6.45) is 0.639. The van der Waals surface area contributed by atoms with Gasteiger partial charge in [-0.1, -0.05) is 47.4 Å². The number of alkyl halides is 3. The number of rotatable bonds is 6. The average molecular weight is 326 g/mol. The highest BCUT2D eigenvalue weighted by Gasteiger charge is 2.25. The molecule has 0 saturated heterocycles. The summed E-state index contributed by atoms with van der Waals surface area (Å²) in [5.41, 5.74) is 1.02. The van der Waals surface area contributed by atoms with Gasteiger partial charge < -0.3 is 14.2 Å². The molecule has 0 unspecified atom stereocenters. The Labute approximate surface area is 128 Å². The standard InChI is InChI=1S/C13H15Cl3O3/c1-9(13(14,15)16)19-7-6-10-4-5-11(17-2)12(8-10)18-3/h4-5,8H,1,6-7H2,2-3H3. The normalized spacial score (nSPS) is 11.0. The lowest BCUT2D eigenvalue weighted by Gasteiger charge is -2.16. The predicted molar refractivity (Wildman–Crippen MR) is 78.6 cm³/mol. The second-order valence-corrected chi connectivity index (χ2v) is 5.99. The van der Waals surface area contributed by atoms with Crippen molar-refractivity contribution in [2.45, 2.75) is 10.2 Å². The minimum atomic E-state index is -1.60. The average Bonchev–Trinajstić information content (AvgIpc) is 2.37. The van der Waals surface area contributed by atoms with Crippen molar-refractivity contribution < 1.29 is 14.2 Å². The Hall–Kier alpha value is -0.770. The molecule has 0 aliphatic heterocycles. The predicted octanol–water partition coefficient (Wildman–Crippen LogP) is 4.15. The molecule has 0 heterocycles. The van der Waals surface area contributed by atoms with Crippen LogP contribution in [-0.4, -0.2) is 24.6 Å². The van der Waals surface area contributed by atoms with E-state index in [1.165, 1.54) is 0 Å². The van der Waals surface area contributed by atoms with Crippen molar-refractivity contribution in [3.63, 3.8) is 0 Å². The molecule has 1 aromatic carbocycles. The molecule has 0 aromatic heterocycles. The fraction of sp³-hybridized carbons (Fsp3) is 0.385. The maximum Gasteiger partial charge on any atom is 0.246 e. The molecule has 1 aromatic rings. The molecule has 106 valence electrons. The first-order valence-electron chi connectivity index (χ1n) is 5.48. The van der Waals surface area contributed by atoms with Crippen molar-refractivity contribution in [3.8, 4) is 11.5 Å². The van der Waals surface area contributed by atoms with Gasteiger partial charge in [-0.25, -0.2) is 0 Å². The molecule has 0 atom stereocenters. The van der Waals surface area contributed by atoms with Crippen LogP contribution in [0.1, 0.15) is 5.56 Å². The zero-order valence-electron chi connectivity index (χ0n) is 10.7. The topological polar surface area (TPSA) is 27.7 Å². The molecule has 0 amide bonds. The molecule has 0 saturated carbocycles. The maximum absolute atomic E-state index is 5.62. The lowest BCUT2D eigenvalue weighted by atomic mass is 10.1. The van der Waals surface area contributed by atoms with E-state index in [2.05, 4.69) is 6.58 Å². The maximum atomic E-state index is 5.62. The zero-order valence-corrected chi connectivity index (χ0v) is 13.0. The van der Waals surface area contributed by atoms with E-state index >= 15 is 0 Å². The molecule has 0 radical (unpaired) electrons. The molecule has 6 heteroatoms. The number of hydrogen-bond donors (Lipinski definition) is 0. The van der Waals surface area contributed by atoms with Crippen LogP contribution < -0.4 is 9.47 Å². The second-order valence-electron chi connectivity index (χ2n) is 3.71. The summed E-state index contributed by atoms with van der Waals surface area (Å²) in [7, 11) is 3.18. The summed E-state index contributed by atoms with van der Waals surface area (Å²) < 4.78 is 14.0. The van der Waals surface area contributed by atoms with Gasteiger partial charge in [-0.15, -0.1) is 0 Å². The van der Waals surface area contributed by atoms with Crippen LogP contribution in [0.4, 0.5) is 0 Å². The van der Waals surface area contributed by atoms with E-state index in [-0.39, 0.29) is 5.76 Å². The fourth-order valence-electron chi connectivity index (χ4n) is 1.41. The van der Waals surface area contributed by atoms with Gasteiger partial charge in [-0.3, -0.25) is 0 Å². The molecule has 0 bridgehead atoms. The fourth-order valence-corrected chi connectivity index (χ4v) is 1.57. The van der Waals surface area contributed by atoms with Crippen molar-refractivity contribution in [1.82, 2.24) is 0 Å². The Morgan fingerprint density at radius 1 is 1.16 bits per heavy atom. The van der Waals surface area contributed by atoms with Gasteiger partial charge in [-0.05, 0) is 17.7 Å². The minimum absolute atomic E-state index is 0.109. The number of allylic oxidation sites excluding steroid dienone is 1. The van der Waals surface area contributed by atoms with Crippen molar-refractivity contribution in [3.05, 3.63) is 36.1 Å². The van der Waals surface area contributed by atoms with Gasteiger partial charge in [0, 0.05) is 6.42 Å². The third-order valence-electron chi connectivity index (χ3n) is 2.43. The summed E-state index contributed by atoms with van der Waals surface area (Å²) in [4.78, 5) is 0. The Balaban J connectivity index is 2.57. The van der Waals surface area contributed by atoms with Crippen LogP contribution in [0.25, 0.3) is 0 Å². The zero-order chi connectivity index (χ0) is 14.5. The summed E-state index contributed by atoms with van der Waals surface area (Å²) in [6, 6.07) is 5.63. The molecule has 1 rings (SSSR count). The minimum Gasteiger partial charge on any atom is -0.494 e. The summed E-state index contributed by atoms with van der Waals surface area (Å²) >= 11 is 16.9. The number of benzene rings is 1. The largest absolute Gasteiger partial charge is 0.494 e. The van der Waals surface area contributed by atoms with E-state index in [0.29, 0.717) is 24.5 Å². The van der Waals surface area contributed by atoms with E-state index in [1.54, 1.807) is 14.2 Å². The van der Waals surface area contributed by atoms with E-state index in [0.717, 1.165) is 5.56 Å². The lowest BCUT2D eigenvalue weighted by molar-refractivity contribution is 0.213. The molecule has 0 spiro atoms. The van der Waals surface area contributed by atoms with Gasteiger partial charge in [0.1, 0.15) is 5.76 Å². The Bertz CT molecular complexity index is 441. The highest BCUT2D eigenvalue weighted by atomic mass is 35.6. The molecule has 0 aliphatic carbocycles. The Kier molecular flexibility index (Phi) is 6.11. The third-order valence-corrected chi connectivity index (χ3v) is 3.06. The Morgan fingerprint density at radius 2 is 1.79 bits per heavy atom. The number of methoxy groups -OCH3 is 2. The smallest absolute Gasteiger partial charge is 0.246 e. The van der Waals surface area contributed by atoms with Crippen molar-refractivity contribution in [1.29, 1.82) is 0 Å². The highest BCUT2D eigenvalue weighted by Crippen LogP contribution is 2.34. The monoisotopic (exact) mass is 324 g/mol. The molecule has 19 heavy (non-hydrogen) atoms. The summed E-state index contributed by atoms with van der Waals surface area (Å²) in [6.45, 7) is 3.92. The summed E-state index contributed by atoms with van der Waals surface area (Å²) in [5, 5.41) is 0. The first-order valence-corrected chi connectivity index (χ1v) is 6.61. The molecule has 0 aliphatic rings. The van der Waals surface area contributed by atoms with Gasteiger partial charge >= 0.3 is 0 Å². The lowest BCUT2D eigenvalue weighted by Crippen LogP contribution is -2.11. The van der Waals surface area contributed by atoms with Crippen LogP contribution in [0.2, 0.25) is 0 Å². The SMILES string of the molecule is C=C(OCCc1ccc(OC)c(OC)c1)C(Cl)(Cl)Cl. The van der Waals surface area contributed by atoms with E-state index in [4.69, 9.17) is 49.0 Å². The van der Waals surface area contributed by atoms with Crippen LogP contribution in [0.3, 0.4) is 0 Å². The van der Waals surface area contributed by atoms with E-state index < -0.39 is 3.79 Å². The van der Waals surface area contributed by atoms with E-state index in [1.807, 2.05) is 18.2 Å². The molecule has 0 N–H and O–H groups in total. The highest BCUT2D eigenvalue weighted by molar-refractivity contribution is 6.69. The third kappa shape index (κ3) is 5.01. The molecular formula is C13H15Cl3O3. The van der Waals surface area contributed by atoms with Gasteiger partial charge in [0.2, 0.25) is 3.79 Å². The van der Waals surface area contributed by atoms with Crippen molar-refractivity contribution in [2.24, 2.45) is 0 Å². The Morgan fingerprint density at radius 3 is 2.32 bits per heavy atom. The van der Waals surface area contributed by atoms with Crippen molar-refractivity contribution in [2.75, 3.05) is 20.8 Å². The van der Waals surface area contributed by atoms with E-state index in [9.17, 15) is 0 Å². The molecular weight excluding hydrogens is 310 g/mol. The second kappa shape index (κ2) is 7.13. The first-order chi connectivity index (χ1) is 8.88. The number of hydrogen-bond acceptors (Lipinski definition) is 3. The van der Waals surface area contributed by atoms with Gasteiger partial charge in [0.25, 0.3) is 0 Å². The number of halogens is 3. The molecule has 0 fully saturated rings. The van der Waals surface area contributed by atoms with Gasteiger partial charge in [0.15, 0.2) is 11.5 Å².